The largest absolute Gasteiger partial charge is 0.332 e. The number of hydrogen-bond donors (Lipinski definition) is 2. The Balaban J connectivity index is 1.66. The average Bonchev–Trinajstić information content (AvgIpc) is 2.66. The maximum atomic E-state index is 12.2. The second-order valence-electron chi connectivity index (χ2n) is 6.00. The van der Waals surface area contributed by atoms with E-state index in [1.165, 1.54) is 16.3 Å². The van der Waals surface area contributed by atoms with Crippen molar-refractivity contribution in [1.29, 1.82) is 5.26 Å². The zero-order valence-electron chi connectivity index (χ0n) is 14.1. The van der Waals surface area contributed by atoms with Gasteiger partial charge in [-0.25, -0.2) is 0 Å². The lowest BCUT2D eigenvalue weighted by atomic mass is 10.00. The Morgan fingerprint density at radius 2 is 1.80 bits per heavy atom. The van der Waals surface area contributed by atoms with Crippen LogP contribution in [0.3, 0.4) is 0 Å². The molecule has 3 aromatic carbocycles. The zero-order valence-corrected chi connectivity index (χ0v) is 14.1. The Bertz CT molecular complexity index is 938. The van der Waals surface area contributed by atoms with Crippen LogP contribution >= 0.6 is 0 Å². The summed E-state index contributed by atoms with van der Waals surface area (Å²) in [5.41, 5.74) is 2.24. The van der Waals surface area contributed by atoms with Crippen molar-refractivity contribution in [2.75, 3.05) is 11.9 Å². The Labute approximate surface area is 147 Å². The molecule has 0 saturated carbocycles. The monoisotopic (exact) mass is 330 g/mol. The fourth-order valence-electron chi connectivity index (χ4n) is 2.95. The summed E-state index contributed by atoms with van der Waals surface area (Å²) in [6.45, 7) is 2.39. The summed E-state index contributed by atoms with van der Waals surface area (Å²) in [5, 5.41) is 16.3. The van der Waals surface area contributed by atoms with Crippen molar-refractivity contribution in [2.45, 2.75) is 13.0 Å². The van der Waals surface area contributed by atoms with Crippen molar-refractivity contribution < 1.29 is 10.1 Å². The summed E-state index contributed by atoms with van der Waals surface area (Å²) in [4.78, 5) is 12.2. The van der Waals surface area contributed by atoms with Crippen molar-refractivity contribution in [1.82, 2.24) is 0 Å². The van der Waals surface area contributed by atoms with Crippen LogP contribution in [-0.4, -0.2) is 12.5 Å². The van der Waals surface area contributed by atoms with Crippen molar-refractivity contribution in [3.8, 4) is 6.07 Å². The van der Waals surface area contributed by atoms with Crippen molar-refractivity contribution in [3.05, 3.63) is 77.9 Å². The predicted molar refractivity (Wildman–Crippen MR) is 98.9 cm³/mol. The fourth-order valence-corrected chi connectivity index (χ4v) is 2.95. The molecule has 0 saturated heterocycles. The number of nitrogens with two attached hydrogens (primary N) is 1. The summed E-state index contributed by atoms with van der Waals surface area (Å²) in [6.07, 6.45) is 0. The molecule has 1 amide bonds. The molecule has 3 N–H and O–H groups in total. The highest BCUT2D eigenvalue weighted by Gasteiger charge is 2.14. The van der Waals surface area contributed by atoms with Crippen LogP contribution in [0.25, 0.3) is 10.8 Å². The molecular formula is C21H20N3O+. The molecule has 3 rings (SSSR count). The Kier molecular flexibility index (Phi) is 5.08. The SMILES string of the molecule is C[C@@H]([NH2+]CC(=O)Nc1ccccc1C#N)c1cccc2ccccc12. The number of quaternary nitrogens is 1. The van der Waals surface area contributed by atoms with Gasteiger partial charge in [0.2, 0.25) is 0 Å². The van der Waals surface area contributed by atoms with Crippen molar-refractivity contribution in [3.63, 3.8) is 0 Å². The first-order valence-corrected chi connectivity index (χ1v) is 8.29. The first-order chi connectivity index (χ1) is 12.2. The standard InChI is InChI=1S/C21H19N3O/c1-15(18-11-6-9-16-7-2-4-10-19(16)18)23-14-21(25)24-20-12-5-3-8-17(20)13-22/h2-12,15,23H,14H2,1H3,(H,24,25)/p+1/t15-/m1/s1. The highest BCUT2D eigenvalue weighted by atomic mass is 16.1. The molecule has 0 aromatic heterocycles. The number of fused-ring (bicyclic) bond motifs is 1. The first-order valence-electron chi connectivity index (χ1n) is 8.29. The van der Waals surface area contributed by atoms with Crippen LogP contribution in [0.2, 0.25) is 0 Å². The van der Waals surface area contributed by atoms with E-state index in [-0.39, 0.29) is 11.9 Å². The van der Waals surface area contributed by atoms with E-state index in [1.807, 2.05) is 23.5 Å². The summed E-state index contributed by atoms with van der Waals surface area (Å²) >= 11 is 0. The van der Waals surface area contributed by atoms with Crippen LogP contribution in [0.1, 0.15) is 24.1 Å². The maximum Gasteiger partial charge on any atom is 0.279 e. The molecule has 1 atom stereocenters. The van der Waals surface area contributed by atoms with Gasteiger partial charge in [-0.3, -0.25) is 4.79 Å². The van der Waals surface area contributed by atoms with Crippen LogP contribution < -0.4 is 10.6 Å². The molecule has 4 heteroatoms. The van der Waals surface area contributed by atoms with Gasteiger partial charge in [0, 0.05) is 5.56 Å². The lowest BCUT2D eigenvalue weighted by Gasteiger charge is -2.14. The quantitative estimate of drug-likeness (QED) is 0.755. The number of nitriles is 1. The number of nitrogens with zero attached hydrogens (tertiary/aromatic N) is 1. The van der Waals surface area contributed by atoms with Gasteiger partial charge in [-0.1, -0.05) is 54.6 Å². The van der Waals surface area contributed by atoms with E-state index in [4.69, 9.17) is 5.26 Å². The number of carbonyl (C=O) groups is 1. The Hall–Kier alpha value is -3.16. The molecule has 0 bridgehead atoms. The smallest absolute Gasteiger partial charge is 0.279 e. The number of benzene rings is 3. The zero-order chi connectivity index (χ0) is 17.6. The lowest BCUT2D eigenvalue weighted by molar-refractivity contribution is -0.682. The van der Waals surface area contributed by atoms with Crippen molar-refractivity contribution >= 4 is 22.4 Å². The van der Waals surface area contributed by atoms with Gasteiger partial charge in [0.05, 0.1) is 11.3 Å². The van der Waals surface area contributed by atoms with Crippen LogP contribution in [-0.2, 0) is 4.79 Å². The molecule has 0 heterocycles. The number of hydrogen-bond acceptors (Lipinski definition) is 2. The highest BCUT2D eigenvalue weighted by molar-refractivity contribution is 5.92. The van der Waals surface area contributed by atoms with Gasteiger partial charge in [0.15, 0.2) is 6.54 Å². The average molecular weight is 330 g/mol. The van der Waals surface area contributed by atoms with Crippen LogP contribution in [0.5, 0.6) is 0 Å². The number of anilines is 1. The Morgan fingerprint density at radius 1 is 1.08 bits per heavy atom. The van der Waals surface area contributed by atoms with E-state index in [2.05, 4.69) is 42.6 Å². The van der Waals surface area contributed by atoms with Gasteiger partial charge in [-0.15, -0.1) is 0 Å². The third kappa shape index (κ3) is 3.85. The molecule has 0 aliphatic heterocycles. The Morgan fingerprint density at radius 3 is 2.64 bits per heavy atom. The molecule has 3 aromatic rings. The molecule has 0 fully saturated rings. The van der Waals surface area contributed by atoms with Crippen LogP contribution in [0.4, 0.5) is 5.69 Å². The van der Waals surface area contributed by atoms with E-state index < -0.39 is 0 Å². The minimum absolute atomic E-state index is 0.116. The van der Waals surface area contributed by atoms with E-state index in [1.54, 1.807) is 24.3 Å². The minimum atomic E-state index is -0.116. The molecule has 124 valence electrons. The molecule has 0 aliphatic carbocycles. The van der Waals surface area contributed by atoms with E-state index in [0.29, 0.717) is 17.8 Å². The molecule has 0 spiro atoms. The molecule has 25 heavy (non-hydrogen) atoms. The minimum Gasteiger partial charge on any atom is -0.332 e. The van der Waals surface area contributed by atoms with E-state index in [9.17, 15) is 4.79 Å². The first kappa shape index (κ1) is 16.7. The van der Waals surface area contributed by atoms with Gasteiger partial charge >= 0.3 is 0 Å². The fraction of sp³-hybridized carbons (Fsp3) is 0.143. The third-order valence-electron chi connectivity index (χ3n) is 4.29. The highest BCUT2D eigenvalue weighted by Crippen LogP contribution is 2.22. The molecule has 0 radical (unpaired) electrons. The van der Waals surface area contributed by atoms with E-state index >= 15 is 0 Å². The van der Waals surface area contributed by atoms with Gasteiger partial charge in [-0.2, -0.15) is 5.26 Å². The second-order valence-corrected chi connectivity index (χ2v) is 6.00. The normalized spacial score (nSPS) is 11.7. The van der Waals surface area contributed by atoms with Gasteiger partial charge in [0.1, 0.15) is 12.1 Å². The number of rotatable bonds is 5. The maximum absolute atomic E-state index is 12.2. The molecular weight excluding hydrogens is 310 g/mol. The number of para-hydroxylation sites is 1. The summed E-state index contributed by atoms with van der Waals surface area (Å²) in [5.74, 6) is -0.116. The number of carbonyl (C=O) groups excluding carboxylic acids is 1. The molecule has 0 unspecified atom stereocenters. The second kappa shape index (κ2) is 7.61. The number of amides is 1. The molecule has 4 nitrogen and oxygen atoms in total. The summed E-state index contributed by atoms with van der Waals surface area (Å²) in [7, 11) is 0. The van der Waals surface area contributed by atoms with E-state index in [0.717, 1.165) is 0 Å². The summed E-state index contributed by atoms with van der Waals surface area (Å²) < 4.78 is 0. The van der Waals surface area contributed by atoms with Crippen LogP contribution in [0.15, 0.2) is 66.7 Å². The summed E-state index contributed by atoms with van der Waals surface area (Å²) in [6, 6.07) is 23.8. The van der Waals surface area contributed by atoms with Gasteiger partial charge in [-0.05, 0) is 29.8 Å². The van der Waals surface area contributed by atoms with Crippen molar-refractivity contribution in [2.24, 2.45) is 0 Å². The van der Waals surface area contributed by atoms with Gasteiger partial charge < -0.3 is 10.6 Å². The number of nitrogens with one attached hydrogen (secondary N) is 1. The third-order valence-corrected chi connectivity index (χ3v) is 4.29. The topological polar surface area (TPSA) is 69.5 Å². The predicted octanol–water partition coefficient (Wildman–Crippen LogP) is 2.97. The lowest BCUT2D eigenvalue weighted by Crippen LogP contribution is -2.86. The van der Waals surface area contributed by atoms with Crippen LogP contribution in [0, 0.1) is 11.3 Å². The van der Waals surface area contributed by atoms with Gasteiger partial charge in [0.25, 0.3) is 5.91 Å². The molecule has 0 aliphatic rings.